The number of nitrogens with zero attached hydrogens (tertiary/aromatic N) is 6. The second-order valence-electron chi connectivity index (χ2n) is 7.75. The maximum Gasteiger partial charge on any atom is 0.264 e. The van der Waals surface area contributed by atoms with Crippen LogP contribution in [0.1, 0.15) is 47.7 Å². The first-order chi connectivity index (χ1) is 13.9. The summed E-state index contributed by atoms with van der Waals surface area (Å²) in [7, 11) is 3.80. The summed E-state index contributed by atoms with van der Waals surface area (Å²) in [5.41, 5.74) is 2.26. The summed E-state index contributed by atoms with van der Waals surface area (Å²) in [6.07, 6.45) is 2.95. The molecule has 3 aromatic heterocycles. The Balaban J connectivity index is 1.54. The van der Waals surface area contributed by atoms with Gasteiger partial charge in [0.1, 0.15) is 0 Å². The molecule has 0 aromatic carbocycles. The highest BCUT2D eigenvalue weighted by Crippen LogP contribution is 2.34. The number of aromatic nitrogens is 4. The maximum atomic E-state index is 13.6. The van der Waals surface area contributed by atoms with Gasteiger partial charge in [0, 0.05) is 62.3 Å². The van der Waals surface area contributed by atoms with Gasteiger partial charge in [0.05, 0.1) is 11.1 Å². The summed E-state index contributed by atoms with van der Waals surface area (Å²) in [4.78, 5) is 17.4. The van der Waals surface area contributed by atoms with Crippen molar-refractivity contribution in [1.82, 2.24) is 25.0 Å². The van der Waals surface area contributed by atoms with Crippen LogP contribution in [-0.4, -0.2) is 52.2 Å². The molecule has 7 nitrogen and oxygen atoms in total. The minimum Gasteiger partial charge on any atom is -0.347 e. The molecule has 0 saturated carbocycles. The highest BCUT2D eigenvalue weighted by Gasteiger charge is 2.26. The van der Waals surface area contributed by atoms with Crippen LogP contribution in [0.4, 0.5) is 14.7 Å². The Labute approximate surface area is 167 Å². The number of halogens is 2. The number of piperidine rings is 1. The average Bonchev–Trinajstić information content (AvgIpc) is 3.09. The van der Waals surface area contributed by atoms with Crippen LogP contribution in [0.5, 0.6) is 0 Å². The molecular formula is C20H24F2N6O. The minimum absolute atomic E-state index is 0.0476. The molecule has 1 aliphatic heterocycles. The standard InChI is InChI=1S/C20H24F2N6O/c1-12-17-15(18(21)22)7-16(25-19(17)29-26-12)14-5-4-6-28(11-14)10-13-8-23-20(24-9-13)27(2)3/h7-9,14,18H,4-6,10-11H2,1-3H3. The van der Waals surface area contributed by atoms with Crippen molar-refractivity contribution in [1.29, 1.82) is 0 Å². The second-order valence-corrected chi connectivity index (χ2v) is 7.75. The van der Waals surface area contributed by atoms with E-state index in [1.807, 2.05) is 31.4 Å². The SMILES string of the molecule is Cc1noc2nc(C3CCCN(Cc4cnc(N(C)C)nc4)C3)cc(C(F)F)c12. The fourth-order valence-electron chi connectivity index (χ4n) is 3.89. The first-order valence-corrected chi connectivity index (χ1v) is 9.68. The molecule has 1 atom stereocenters. The third kappa shape index (κ3) is 4.05. The van der Waals surface area contributed by atoms with Gasteiger partial charge in [0.25, 0.3) is 12.1 Å². The number of anilines is 1. The molecule has 4 heterocycles. The molecule has 0 amide bonds. The zero-order valence-corrected chi connectivity index (χ0v) is 16.8. The zero-order valence-electron chi connectivity index (χ0n) is 16.8. The van der Waals surface area contributed by atoms with Gasteiger partial charge in [-0.25, -0.2) is 23.7 Å². The quantitative estimate of drug-likeness (QED) is 0.644. The first kappa shape index (κ1) is 19.6. The average molecular weight is 402 g/mol. The van der Waals surface area contributed by atoms with E-state index in [4.69, 9.17) is 4.52 Å². The second kappa shape index (κ2) is 7.98. The number of fused-ring (bicyclic) bond motifs is 1. The van der Waals surface area contributed by atoms with Gasteiger partial charge in [-0.05, 0) is 32.4 Å². The van der Waals surface area contributed by atoms with E-state index in [1.165, 1.54) is 6.07 Å². The Morgan fingerprint density at radius 3 is 2.72 bits per heavy atom. The molecule has 1 aliphatic rings. The van der Waals surface area contributed by atoms with E-state index in [9.17, 15) is 8.78 Å². The van der Waals surface area contributed by atoms with Crippen LogP contribution in [0.3, 0.4) is 0 Å². The lowest BCUT2D eigenvalue weighted by molar-refractivity contribution is 0.152. The van der Waals surface area contributed by atoms with Gasteiger partial charge in [-0.1, -0.05) is 5.16 Å². The zero-order chi connectivity index (χ0) is 20.5. The van der Waals surface area contributed by atoms with E-state index in [2.05, 4.69) is 25.0 Å². The molecular weight excluding hydrogens is 378 g/mol. The van der Waals surface area contributed by atoms with Crippen LogP contribution in [0.25, 0.3) is 11.1 Å². The Morgan fingerprint density at radius 1 is 1.28 bits per heavy atom. The lowest BCUT2D eigenvalue weighted by Gasteiger charge is -2.32. The van der Waals surface area contributed by atoms with Gasteiger partial charge in [0.15, 0.2) is 0 Å². The van der Waals surface area contributed by atoms with Crippen molar-refractivity contribution in [2.24, 2.45) is 0 Å². The topological polar surface area (TPSA) is 71.2 Å². The summed E-state index contributed by atoms with van der Waals surface area (Å²) in [6, 6.07) is 1.53. The van der Waals surface area contributed by atoms with Crippen LogP contribution < -0.4 is 4.90 Å². The van der Waals surface area contributed by atoms with Gasteiger partial charge in [0.2, 0.25) is 5.95 Å². The van der Waals surface area contributed by atoms with Gasteiger partial charge in [-0.3, -0.25) is 4.90 Å². The van der Waals surface area contributed by atoms with Gasteiger partial charge >= 0.3 is 0 Å². The summed E-state index contributed by atoms with van der Waals surface area (Å²) < 4.78 is 32.5. The lowest BCUT2D eigenvalue weighted by Crippen LogP contribution is -2.34. The fraction of sp³-hybridized carbons (Fsp3) is 0.500. The molecule has 1 unspecified atom stereocenters. The molecule has 4 rings (SSSR count). The van der Waals surface area contributed by atoms with E-state index in [-0.39, 0.29) is 17.2 Å². The third-order valence-corrected chi connectivity index (χ3v) is 5.32. The van der Waals surface area contributed by atoms with Crippen molar-refractivity contribution < 1.29 is 13.3 Å². The summed E-state index contributed by atoms with van der Waals surface area (Å²) in [6.45, 7) is 4.06. The predicted octanol–water partition coefficient (Wildman–Crippen LogP) is 3.70. The number of hydrogen-bond acceptors (Lipinski definition) is 7. The number of alkyl halides is 2. The smallest absolute Gasteiger partial charge is 0.264 e. The molecule has 0 spiro atoms. The number of hydrogen-bond donors (Lipinski definition) is 0. The third-order valence-electron chi connectivity index (χ3n) is 5.32. The highest BCUT2D eigenvalue weighted by molar-refractivity contribution is 5.80. The summed E-state index contributed by atoms with van der Waals surface area (Å²) >= 11 is 0. The molecule has 1 saturated heterocycles. The minimum atomic E-state index is -2.59. The summed E-state index contributed by atoms with van der Waals surface area (Å²) in [5, 5.41) is 4.14. The van der Waals surface area contributed by atoms with Gasteiger partial charge < -0.3 is 9.42 Å². The number of pyridine rings is 1. The number of aryl methyl sites for hydroxylation is 1. The fourth-order valence-corrected chi connectivity index (χ4v) is 3.89. The largest absolute Gasteiger partial charge is 0.347 e. The van der Waals surface area contributed by atoms with E-state index in [0.29, 0.717) is 22.7 Å². The van der Waals surface area contributed by atoms with Crippen LogP contribution in [0.2, 0.25) is 0 Å². The van der Waals surface area contributed by atoms with Crippen molar-refractivity contribution in [3.05, 3.63) is 41.0 Å². The van der Waals surface area contributed by atoms with E-state index < -0.39 is 6.43 Å². The Hall–Kier alpha value is -2.68. The predicted molar refractivity (Wildman–Crippen MR) is 105 cm³/mol. The lowest BCUT2D eigenvalue weighted by atomic mass is 9.92. The Kier molecular flexibility index (Phi) is 5.40. The number of rotatable bonds is 5. The van der Waals surface area contributed by atoms with E-state index in [1.54, 1.807) is 6.92 Å². The van der Waals surface area contributed by atoms with Crippen LogP contribution >= 0.6 is 0 Å². The molecule has 0 radical (unpaired) electrons. The highest BCUT2D eigenvalue weighted by atomic mass is 19.3. The van der Waals surface area contributed by atoms with Crippen molar-refractivity contribution in [2.75, 3.05) is 32.1 Å². The van der Waals surface area contributed by atoms with E-state index in [0.717, 1.165) is 38.0 Å². The Bertz CT molecular complexity index is 989. The summed E-state index contributed by atoms with van der Waals surface area (Å²) in [5.74, 6) is 0.739. The molecule has 9 heteroatoms. The Morgan fingerprint density at radius 2 is 2.03 bits per heavy atom. The van der Waals surface area contributed by atoms with Crippen molar-refractivity contribution in [2.45, 2.75) is 38.7 Å². The van der Waals surface area contributed by atoms with Crippen molar-refractivity contribution >= 4 is 17.0 Å². The van der Waals surface area contributed by atoms with Crippen LogP contribution in [-0.2, 0) is 6.54 Å². The maximum absolute atomic E-state index is 13.6. The first-order valence-electron chi connectivity index (χ1n) is 9.68. The molecule has 29 heavy (non-hydrogen) atoms. The molecule has 0 bridgehead atoms. The molecule has 0 N–H and O–H groups in total. The van der Waals surface area contributed by atoms with Crippen molar-refractivity contribution in [3.63, 3.8) is 0 Å². The van der Waals surface area contributed by atoms with Crippen LogP contribution in [0, 0.1) is 6.92 Å². The van der Waals surface area contributed by atoms with Gasteiger partial charge in [-0.2, -0.15) is 0 Å². The molecule has 154 valence electrons. The van der Waals surface area contributed by atoms with E-state index >= 15 is 0 Å². The number of likely N-dealkylation sites (tertiary alicyclic amines) is 1. The van der Waals surface area contributed by atoms with Gasteiger partial charge in [-0.15, -0.1) is 0 Å². The van der Waals surface area contributed by atoms with Crippen LogP contribution in [0.15, 0.2) is 23.0 Å². The van der Waals surface area contributed by atoms with Crippen molar-refractivity contribution in [3.8, 4) is 0 Å². The molecule has 1 fully saturated rings. The normalized spacial score (nSPS) is 17.9. The molecule has 3 aromatic rings. The monoisotopic (exact) mass is 402 g/mol. The molecule has 0 aliphatic carbocycles.